The van der Waals surface area contributed by atoms with Crippen LogP contribution in [0.2, 0.25) is 0 Å². The monoisotopic (exact) mass is 563 g/mol. The Labute approximate surface area is 240 Å². The quantitative estimate of drug-likeness (QED) is 0.350. The van der Waals surface area contributed by atoms with Gasteiger partial charge in [0.25, 0.3) is 0 Å². The van der Waals surface area contributed by atoms with E-state index < -0.39 is 69.8 Å². The zero-order chi connectivity index (χ0) is 30.2. The summed E-state index contributed by atoms with van der Waals surface area (Å²) in [6, 6.07) is 14.6. The lowest BCUT2D eigenvalue weighted by Crippen LogP contribution is -2.82. The van der Waals surface area contributed by atoms with Crippen molar-refractivity contribution in [3.63, 3.8) is 0 Å². The molecule has 220 valence electrons. The van der Waals surface area contributed by atoms with E-state index in [-0.39, 0.29) is 23.1 Å². The van der Waals surface area contributed by atoms with Crippen molar-refractivity contribution in [1.29, 1.82) is 0 Å². The molecule has 3 aliphatic carbocycles. The van der Waals surface area contributed by atoms with E-state index in [1.54, 1.807) is 19.1 Å². The SMILES string of the molecule is CC(C)[C@H]1C(O)[C@@H](C(N)=O)C(=O)[C@]2(O)C(O)[C@H]3C(=O)c4c(O)cccc4[C@@H](C)[C@]3(C)[C@@H](CCc3ccccc3)[C@]12C. The van der Waals surface area contributed by atoms with Crippen molar-refractivity contribution < 1.29 is 34.8 Å². The van der Waals surface area contributed by atoms with Crippen LogP contribution in [0.3, 0.4) is 0 Å². The van der Waals surface area contributed by atoms with Crippen LogP contribution in [0.5, 0.6) is 5.75 Å². The molecule has 2 aromatic rings. The number of Topliss-reactive ketones (excluding diaryl/α,β-unsaturated/α-hetero) is 2. The number of aliphatic hydroxyl groups excluding tert-OH is 2. The van der Waals surface area contributed by atoms with Crippen molar-refractivity contribution in [2.75, 3.05) is 0 Å². The van der Waals surface area contributed by atoms with E-state index in [1.807, 2.05) is 58.0 Å². The van der Waals surface area contributed by atoms with Gasteiger partial charge in [-0.2, -0.15) is 0 Å². The third-order valence-electron chi connectivity index (χ3n) is 11.4. The highest BCUT2D eigenvalue weighted by atomic mass is 16.4. The maximum Gasteiger partial charge on any atom is 0.230 e. The summed E-state index contributed by atoms with van der Waals surface area (Å²) in [5.74, 6) is -8.03. The van der Waals surface area contributed by atoms with Crippen LogP contribution >= 0.6 is 0 Å². The number of amides is 1. The molecule has 1 amide bonds. The number of carbonyl (C=O) groups excluding carboxylic acids is 3. The number of phenolic OH excluding ortho intramolecular Hbond substituents is 1. The Morgan fingerprint density at radius 3 is 2.24 bits per heavy atom. The number of hydrogen-bond acceptors (Lipinski definition) is 7. The highest BCUT2D eigenvalue weighted by molar-refractivity contribution is 6.09. The lowest BCUT2D eigenvalue weighted by Gasteiger charge is -2.71. The molecule has 2 aromatic carbocycles. The molecule has 0 radical (unpaired) electrons. The zero-order valence-corrected chi connectivity index (χ0v) is 24.2. The number of rotatable bonds is 5. The van der Waals surface area contributed by atoms with Crippen LogP contribution < -0.4 is 5.73 Å². The van der Waals surface area contributed by atoms with Crippen molar-refractivity contribution in [2.45, 2.75) is 71.2 Å². The Morgan fingerprint density at radius 2 is 1.66 bits per heavy atom. The minimum absolute atomic E-state index is 0.0747. The van der Waals surface area contributed by atoms with Gasteiger partial charge in [-0.3, -0.25) is 14.4 Å². The van der Waals surface area contributed by atoms with Gasteiger partial charge in [-0.1, -0.05) is 77.1 Å². The number of aliphatic hydroxyl groups is 3. The molecule has 6 N–H and O–H groups in total. The molecule has 2 unspecified atom stereocenters. The molecule has 0 aromatic heterocycles. The predicted octanol–water partition coefficient (Wildman–Crippen LogP) is 2.99. The Bertz CT molecular complexity index is 1390. The number of aromatic hydroxyl groups is 1. The molecule has 2 fully saturated rings. The van der Waals surface area contributed by atoms with Crippen molar-refractivity contribution >= 4 is 17.5 Å². The normalized spacial score (nSPS) is 40.1. The number of hydrogen-bond donors (Lipinski definition) is 5. The van der Waals surface area contributed by atoms with Gasteiger partial charge in [-0.05, 0) is 59.1 Å². The van der Waals surface area contributed by atoms with Gasteiger partial charge < -0.3 is 26.2 Å². The Hall–Kier alpha value is -3.07. The van der Waals surface area contributed by atoms with E-state index in [9.17, 15) is 34.8 Å². The molecule has 5 rings (SSSR count). The van der Waals surface area contributed by atoms with Crippen LogP contribution in [0, 0.1) is 40.4 Å². The minimum atomic E-state index is -2.57. The number of ketones is 2. The van der Waals surface area contributed by atoms with Crippen LogP contribution in [-0.2, 0) is 16.0 Å². The molecule has 3 aliphatic rings. The number of benzene rings is 2. The van der Waals surface area contributed by atoms with Gasteiger partial charge in [0.1, 0.15) is 17.8 Å². The van der Waals surface area contributed by atoms with Gasteiger partial charge in [0.2, 0.25) is 5.91 Å². The second kappa shape index (κ2) is 9.75. The standard InChI is InChI=1S/C33H41NO7/c1-16(2)24-27(37)23(30(34)40)28(38)33(41)29(39)25-26(36)22-19(12-9-13-20(22)35)17(3)31(25,4)21(32(24,33)5)15-14-18-10-7-6-8-11-18/h6-13,16-17,21,23-25,27,29,35,37,39,41H,14-15H2,1-5H3,(H2,34,40)/t17-,21-,23-,24+,25-,27?,29?,31-,32-,33+/m1/s1. The van der Waals surface area contributed by atoms with E-state index in [0.717, 1.165) is 5.56 Å². The molecule has 41 heavy (non-hydrogen) atoms. The van der Waals surface area contributed by atoms with Crippen LogP contribution in [0.15, 0.2) is 48.5 Å². The van der Waals surface area contributed by atoms with Gasteiger partial charge >= 0.3 is 0 Å². The fourth-order valence-electron chi connectivity index (χ4n) is 9.51. The van der Waals surface area contributed by atoms with Crippen molar-refractivity contribution in [3.05, 3.63) is 65.2 Å². The van der Waals surface area contributed by atoms with Crippen LogP contribution in [0.1, 0.15) is 68.4 Å². The topological polar surface area (TPSA) is 158 Å². The molecule has 0 saturated heterocycles. The molecular weight excluding hydrogens is 522 g/mol. The Kier molecular flexibility index (Phi) is 7.00. The summed E-state index contributed by atoms with van der Waals surface area (Å²) in [4.78, 5) is 41.1. The van der Waals surface area contributed by atoms with E-state index in [4.69, 9.17) is 5.73 Å². The summed E-state index contributed by atoms with van der Waals surface area (Å²) in [7, 11) is 0. The molecule has 0 bridgehead atoms. The van der Waals surface area contributed by atoms with E-state index in [1.165, 1.54) is 6.07 Å². The summed E-state index contributed by atoms with van der Waals surface area (Å²) in [6.45, 7) is 9.30. The van der Waals surface area contributed by atoms with Gasteiger partial charge in [-0.25, -0.2) is 0 Å². The Balaban J connectivity index is 1.82. The fraction of sp³-hybridized carbons (Fsp3) is 0.545. The van der Waals surface area contributed by atoms with Gasteiger partial charge in [0.15, 0.2) is 17.2 Å². The second-order valence-electron chi connectivity index (χ2n) is 13.2. The first-order chi connectivity index (χ1) is 19.2. The molecule has 0 aliphatic heterocycles. The number of aryl methyl sites for hydroxylation is 1. The predicted molar refractivity (Wildman–Crippen MR) is 152 cm³/mol. The zero-order valence-electron chi connectivity index (χ0n) is 24.2. The first-order valence-electron chi connectivity index (χ1n) is 14.5. The van der Waals surface area contributed by atoms with Crippen LogP contribution in [-0.4, -0.2) is 55.7 Å². The average Bonchev–Trinajstić information content (AvgIpc) is 2.90. The highest BCUT2D eigenvalue weighted by Gasteiger charge is 2.79. The molecule has 8 nitrogen and oxygen atoms in total. The summed E-state index contributed by atoms with van der Waals surface area (Å²) >= 11 is 0. The molecule has 0 heterocycles. The minimum Gasteiger partial charge on any atom is -0.507 e. The van der Waals surface area contributed by atoms with Crippen molar-refractivity contribution in [2.24, 2.45) is 46.2 Å². The van der Waals surface area contributed by atoms with E-state index in [0.29, 0.717) is 18.4 Å². The van der Waals surface area contributed by atoms with Gasteiger partial charge in [0.05, 0.1) is 17.6 Å². The highest BCUT2D eigenvalue weighted by Crippen LogP contribution is 2.71. The van der Waals surface area contributed by atoms with Gasteiger partial charge in [0, 0.05) is 5.41 Å². The summed E-state index contributed by atoms with van der Waals surface area (Å²) < 4.78 is 0. The molecule has 0 spiro atoms. The maximum absolute atomic E-state index is 14.3. The van der Waals surface area contributed by atoms with Crippen LogP contribution in [0.4, 0.5) is 0 Å². The number of phenols is 1. The number of fused-ring (bicyclic) bond motifs is 3. The lowest BCUT2D eigenvalue weighted by atomic mass is 9.33. The van der Waals surface area contributed by atoms with Crippen molar-refractivity contribution in [3.8, 4) is 5.75 Å². The smallest absolute Gasteiger partial charge is 0.230 e. The number of nitrogens with two attached hydrogens (primary N) is 1. The Morgan fingerprint density at radius 1 is 1.02 bits per heavy atom. The first-order valence-corrected chi connectivity index (χ1v) is 14.5. The molecule has 2 saturated carbocycles. The third-order valence-corrected chi connectivity index (χ3v) is 11.4. The number of carbonyl (C=O) groups is 3. The van der Waals surface area contributed by atoms with E-state index in [2.05, 4.69) is 0 Å². The lowest BCUT2D eigenvalue weighted by molar-refractivity contribution is -0.293. The molecule has 8 heteroatoms. The first kappa shape index (κ1) is 29.4. The summed E-state index contributed by atoms with van der Waals surface area (Å²) in [5, 5.41) is 47.2. The van der Waals surface area contributed by atoms with Gasteiger partial charge in [-0.15, -0.1) is 0 Å². The number of primary amides is 1. The second-order valence-corrected chi connectivity index (χ2v) is 13.2. The molecule has 10 atom stereocenters. The van der Waals surface area contributed by atoms with E-state index >= 15 is 0 Å². The molecular formula is C33H41NO7. The summed E-state index contributed by atoms with van der Waals surface area (Å²) in [6.07, 6.45) is -2.41. The average molecular weight is 564 g/mol. The largest absolute Gasteiger partial charge is 0.507 e. The third kappa shape index (κ3) is 3.66. The fourth-order valence-corrected chi connectivity index (χ4v) is 9.51. The maximum atomic E-state index is 14.3. The van der Waals surface area contributed by atoms with Crippen LogP contribution in [0.25, 0.3) is 0 Å². The van der Waals surface area contributed by atoms with Crippen molar-refractivity contribution in [1.82, 2.24) is 0 Å². The summed E-state index contributed by atoms with van der Waals surface area (Å²) in [5.41, 5.74) is 2.35.